The first-order valence-electron chi connectivity index (χ1n) is 9.90. The van der Waals surface area contributed by atoms with Gasteiger partial charge in [0.05, 0.1) is 11.8 Å². The van der Waals surface area contributed by atoms with Gasteiger partial charge in [-0.3, -0.25) is 0 Å². The highest BCUT2D eigenvalue weighted by Gasteiger charge is 2.31. The molecule has 2 heterocycles. The highest BCUT2D eigenvalue weighted by Crippen LogP contribution is 2.42. The fourth-order valence-electron chi connectivity index (χ4n) is 3.26. The molecule has 0 N–H and O–H groups in total. The maximum atomic E-state index is 13.2. The number of rotatable bonds is 7. The molecular formula is C22H20FN5OS. The number of thioether (sulfide) groups is 1. The number of aromatic nitrogens is 5. The third-order valence-electron chi connectivity index (χ3n) is 5.03. The third-order valence-corrected chi connectivity index (χ3v) is 6.10. The Labute approximate surface area is 177 Å². The second-order valence-corrected chi connectivity index (χ2v) is 8.71. The lowest BCUT2D eigenvalue weighted by Gasteiger charge is -2.11. The highest BCUT2D eigenvalue weighted by molar-refractivity contribution is 7.99. The first-order chi connectivity index (χ1) is 14.7. The van der Waals surface area contributed by atoms with E-state index in [1.54, 1.807) is 23.9 Å². The van der Waals surface area contributed by atoms with E-state index in [-0.39, 0.29) is 11.1 Å². The van der Waals surface area contributed by atoms with Gasteiger partial charge in [0.15, 0.2) is 5.16 Å². The van der Waals surface area contributed by atoms with Crippen molar-refractivity contribution in [1.29, 1.82) is 0 Å². The van der Waals surface area contributed by atoms with Crippen LogP contribution in [0.3, 0.4) is 0 Å². The predicted octanol–water partition coefficient (Wildman–Crippen LogP) is 5.25. The molecule has 1 aliphatic rings. The molecule has 5 rings (SSSR count). The van der Waals surface area contributed by atoms with Gasteiger partial charge in [0.1, 0.15) is 11.6 Å². The van der Waals surface area contributed by atoms with Crippen molar-refractivity contribution in [2.45, 2.75) is 42.6 Å². The maximum absolute atomic E-state index is 13.2. The van der Waals surface area contributed by atoms with Gasteiger partial charge in [-0.1, -0.05) is 42.1 Å². The van der Waals surface area contributed by atoms with E-state index in [0.717, 1.165) is 30.4 Å². The average Bonchev–Trinajstić information content (AvgIpc) is 3.35. The summed E-state index contributed by atoms with van der Waals surface area (Å²) in [6, 6.07) is 16.3. The van der Waals surface area contributed by atoms with Gasteiger partial charge in [0.25, 0.3) is 0 Å². The largest absolute Gasteiger partial charge is 0.419 e. The predicted molar refractivity (Wildman–Crippen MR) is 112 cm³/mol. The van der Waals surface area contributed by atoms with Gasteiger partial charge in [-0.2, -0.15) is 0 Å². The SMILES string of the molecule is CC(Sc1nnc(C2CC2)n1Cc1ccccc1)c1nnc(-c2ccc(F)cc2)o1. The molecule has 0 amide bonds. The zero-order valence-corrected chi connectivity index (χ0v) is 17.2. The topological polar surface area (TPSA) is 69.6 Å². The Morgan fingerprint density at radius 2 is 1.80 bits per heavy atom. The summed E-state index contributed by atoms with van der Waals surface area (Å²) < 4.78 is 21.2. The molecule has 0 spiro atoms. The minimum atomic E-state index is -0.299. The molecular weight excluding hydrogens is 401 g/mol. The van der Waals surface area contributed by atoms with Crippen LogP contribution in [0.25, 0.3) is 11.5 Å². The molecule has 1 aliphatic carbocycles. The van der Waals surface area contributed by atoms with Crippen LogP contribution >= 0.6 is 11.8 Å². The van der Waals surface area contributed by atoms with E-state index in [9.17, 15) is 4.39 Å². The Kier molecular flexibility index (Phi) is 5.08. The Hall–Kier alpha value is -3.00. The van der Waals surface area contributed by atoms with Gasteiger partial charge in [-0.25, -0.2) is 4.39 Å². The molecule has 0 radical (unpaired) electrons. The van der Waals surface area contributed by atoms with Gasteiger partial charge in [0, 0.05) is 11.5 Å². The zero-order chi connectivity index (χ0) is 20.5. The van der Waals surface area contributed by atoms with E-state index in [1.807, 2.05) is 25.1 Å². The van der Waals surface area contributed by atoms with Crippen molar-refractivity contribution in [3.05, 3.63) is 77.7 Å². The average molecular weight is 422 g/mol. The smallest absolute Gasteiger partial charge is 0.247 e. The van der Waals surface area contributed by atoms with E-state index in [1.165, 1.54) is 17.7 Å². The van der Waals surface area contributed by atoms with E-state index >= 15 is 0 Å². The summed E-state index contributed by atoms with van der Waals surface area (Å²) in [5.41, 5.74) is 1.90. The van der Waals surface area contributed by atoms with Crippen molar-refractivity contribution in [3.8, 4) is 11.5 Å². The van der Waals surface area contributed by atoms with E-state index in [4.69, 9.17) is 4.42 Å². The molecule has 30 heavy (non-hydrogen) atoms. The number of hydrogen-bond donors (Lipinski definition) is 0. The summed E-state index contributed by atoms with van der Waals surface area (Å²) in [5, 5.41) is 18.0. The van der Waals surface area contributed by atoms with Crippen LogP contribution in [0.1, 0.15) is 48.2 Å². The molecule has 0 bridgehead atoms. The molecule has 152 valence electrons. The molecule has 2 aromatic carbocycles. The second kappa shape index (κ2) is 8.02. The molecule has 6 nitrogen and oxygen atoms in total. The molecule has 0 saturated heterocycles. The van der Waals surface area contributed by atoms with Crippen molar-refractivity contribution in [2.24, 2.45) is 0 Å². The lowest BCUT2D eigenvalue weighted by molar-refractivity contribution is 0.508. The van der Waals surface area contributed by atoms with E-state index in [0.29, 0.717) is 23.3 Å². The minimum Gasteiger partial charge on any atom is -0.419 e. The van der Waals surface area contributed by atoms with E-state index in [2.05, 4.69) is 37.1 Å². The first kappa shape index (κ1) is 19.0. The second-order valence-electron chi connectivity index (χ2n) is 7.40. The maximum Gasteiger partial charge on any atom is 0.247 e. The summed E-state index contributed by atoms with van der Waals surface area (Å²) in [6.07, 6.45) is 2.33. The summed E-state index contributed by atoms with van der Waals surface area (Å²) in [4.78, 5) is 0. The number of benzene rings is 2. The lowest BCUT2D eigenvalue weighted by Crippen LogP contribution is -2.06. The monoisotopic (exact) mass is 421 g/mol. The molecule has 2 aromatic heterocycles. The normalized spacial score (nSPS) is 14.7. The van der Waals surface area contributed by atoms with Gasteiger partial charge >= 0.3 is 0 Å². The van der Waals surface area contributed by atoms with Crippen LogP contribution in [0, 0.1) is 5.82 Å². The van der Waals surface area contributed by atoms with Crippen LogP contribution < -0.4 is 0 Å². The summed E-state index contributed by atoms with van der Waals surface area (Å²) >= 11 is 1.55. The summed E-state index contributed by atoms with van der Waals surface area (Å²) in [6.45, 7) is 2.74. The molecule has 1 fully saturated rings. The molecule has 1 atom stereocenters. The Morgan fingerprint density at radius 3 is 2.53 bits per heavy atom. The Morgan fingerprint density at radius 1 is 1.03 bits per heavy atom. The lowest BCUT2D eigenvalue weighted by atomic mass is 10.2. The number of nitrogens with zero attached hydrogens (tertiary/aromatic N) is 5. The van der Waals surface area contributed by atoms with Crippen molar-refractivity contribution in [3.63, 3.8) is 0 Å². The minimum absolute atomic E-state index is 0.0996. The first-order valence-corrected chi connectivity index (χ1v) is 10.8. The van der Waals surface area contributed by atoms with Crippen molar-refractivity contribution < 1.29 is 8.81 Å². The fourth-order valence-corrected chi connectivity index (χ4v) is 4.15. The summed E-state index contributed by atoms with van der Waals surface area (Å²) in [7, 11) is 0. The zero-order valence-electron chi connectivity index (χ0n) is 16.4. The molecule has 1 unspecified atom stereocenters. The standard InChI is InChI=1S/C22H20FN5OS/c1-14(20-25-26-21(29-20)17-9-11-18(23)12-10-17)30-22-27-24-19(16-7-8-16)28(22)13-15-5-3-2-4-6-15/h2-6,9-12,14,16H,7-8,13H2,1H3. The molecule has 0 aliphatic heterocycles. The van der Waals surface area contributed by atoms with Crippen molar-refractivity contribution >= 4 is 11.8 Å². The van der Waals surface area contributed by atoms with Crippen LogP contribution in [-0.2, 0) is 6.54 Å². The van der Waals surface area contributed by atoms with Crippen LogP contribution in [-0.4, -0.2) is 25.0 Å². The van der Waals surface area contributed by atoms with Crippen LogP contribution in [0.2, 0.25) is 0 Å². The van der Waals surface area contributed by atoms with Crippen LogP contribution in [0.15, 0.2) is 64.2 Å². The molecule has 8 heteroatoms. The fraction of sp³-hybridized carbons (Fsp3) is 0.273. The van der Waals surface area contributed by atoms with Gasteiger partial charge < -0.3 is 8.98 Å². The highest BCUT2D eigenvalue weighted by atomic mass is 32.2. The Bertz CT molecular complexity index is 1140. The van der Waals surface area contributed by atoms with E-state index < -0.39 is 0 Å². The third kappa shape index (κ3) is 4.00. The summed E-state index contributed by atoms with van der Waals surface area (Å²) in [5.74, 6) is 2.13. The molecule has 1 saturated carbocycles. The molecule has 4 aromatic rings. The van der Waals surface area contributed by atoms with Gasteiger partial charge in [-0.05, 0) is 49.6 Å². The number of hydrogen-bond acceptors (Lipinski definition) is 6. The Balaban J connectivity index is 1.37. The van der Waals surface area contributed by atoms with Gasteiger partial charge in [0.2, 0.25) is 11.8 Å². The van der Waals surface area contributed by atoms with Crippen LogP contribution in [0.5, 0.6) is 0 Å². The van der Waals surface area contributed by atoms with Crippen LogP contribution in [0.4, 0.5) is 4.39 Å². The van der Waals surface area contributed by atoms with Crippen molar-refractivity contribution in [1.82, 2.24) is 25.0 Å². The quantitative estimate of drug-likeness (QED) is 0.380. The van der Waals surface area contributed by atoms with Gasteiger partial charge in [-0.15, -0.1) is 20.4 Å². The van der Waals surface area contributed by atoms with Crippen molar-refractivity contribution in [2.75, 3.05) is 0 Å². The number of halogens is 1.